The van der Waals surface area contributed by atoms with Crippen molar-refractivity contribution in [1.82, 2.24) is 20.4 Å². The summed E-state index contributed by atoms with van der Waals surface area (Å²) in [5, 5.41) is 6.80. The molecule has 0 aliphatic carbocycles. The molecule has 1 rings (SSSR count). The molecule has 160 valence electrons. The molecule has 2 atom stereocenters. The van der Waals surface area contributed by atoms with Crippen LogP contribution in [0.4, 0.5) is 0 Å². The van der Waals surface area contributed by atoms with Gasteiger partial charge in [0.2, 0.25) is 0 Å². The van der Waals surface area contributed by atoms with Gasteiger partial charge < -0.3 is 25.2 Å². The van der Waals surface area contributed by atoms with Crippen LogP contribution in [0.2, 0.25) is 0 Å². The van der Waals surface area contributed by atoms with E-state index >= 15 is 0 Å². The molecule has 0 saturated carbocycles. The number of ether oxygens (including phenoxy) is 1. The number of nitrogens with one attached hydrogen (secondary N) is 2. The van der Waals surface area contributed by atoms with Gasteiger partial charge in [-0.05, 0) is 58.0 Å². The van der Waals surface area contributed by atoms with Gasteiger partial charge in [-0.2, -0.15) is 0 Å². The maximum Gasteiger partial charge on any atom is 0.191 e. The van der Waals surface area contributed by atoms with Crippen LogP contribution in [0.15, 0.2) is 4.99 Å². The minimum absolute atomic E-state index is 0.830. The molecule has 0 radical (unpaired) electrons. The van der Waals surface area contributed by atoms with Crippen LogP contribution in [-0.2, 0) is 4.74 Å². The second-order valence-electron chi connectivity index (χ2n) is 8.25. The minimum atomic E-state index is 0.830. The van der Waals surface area contributed by atoms with Gasteiger partial charge in [0.05, 0.1) is 0 Å². The Kier molecular flexibility index (Phi) is 13.5. The van der Waals surface area contributed by atoms with Gasteiger partial charge in [0.1, 0.15) is 0 Å². The molecule has 0 amide bonds. The molecule has 0 bridgehead atoms. The van der Waals surface area contributed by atoms with Crippen molar-refractivity contribution >= 4 is 5.96 Å². The predicted octanol–water partition coefficient (Wildman–Crippen LogP) is 2.27. The maximum absolute atomic E-state index is 5.11. The van der Waals surface area contributed by atoms with Crippen LogP contribution in [0.1, 0.15) is 46.5 Å². The standard InChI is InChI=1S/C21H45N5O/c1-6-22-21(24-11-14-25(4)12-9-15-27-5)23-10-7-8-13-26-17-19(2)16-20(3)18-26/h19-20H,6-18H2,1-5H3,(H2,22,23,24). The highest BCUT2D eigenvalue weighted by molar-refractivity contribution is 5.79. The van der Waals surface area contributed by atoms with Gasteiger partial charge in [-0.25, -0.2) is 0 Å². The molecule has 1 aliphatic heterocycles. The number of hydrogen-bond acceptors (Lipinski definition) is 4. The molecular weight excluding hydrogens is 338 g/mol. The molecule has 0 aromatic carbocycles. The molecule has 1 saturated heterocycles. The molecule has 0 spiro atoms. The lowest BCUT2D eigenvalue weighted by atomic mass is 9.92. The summed E-state index contributed by atoms with van der Waals surface area (Å²) in [4.78, 5) is 9.71. The summed E-state index contributed by atoms with van der Waals surface area (Å²) in [5.41, 5.74) is 0. The Labute approximate surface area is 168 Å². The van der Waals surface area contributed by atoms with Crippen LogP contribution in [-0.4, -0.2) is 88.9 Å². The van der Waals surface area contributed by atoms with Gasteiger partial charge in [0.25, 0.3) is 0 Å². The van der Waals surface area contributed by atoms with Crippen LogP contribution < -0.4 is 10.6 Å². The topological polar surface area (TPSA) is 52.1 Å². The van der Waals surface area contributed by atoms with Crippen molar-refractivity contribution in [1.29, 1.82) is 0 Å². The second kappa shape index (κ2) is 15.1. The normalized spacial score (nSPS) is 21.6. The van der Waals surface area contributed by atoms with Crippen molar-refractivity contribution in [2.45, 2.75) is 46.5 Å². The van der Waals surface area contributed by atoms with E-state index in [1.54, 1.807) is 7.11 Å². The predicted molar refractivity (Wildman–Crippen MR) is 117 cm³/mol. The van der Waals surface area contributed by atoms with Crippen molar-refractivity contribution in [3.8, 4) is 0 Å². The average Bonchev–Trinajstić information content (AvgIpc) is 2.61. The molecule has 27 heavy (non-hydrogen) atoms. The number of nitrogens with zero attached hydrogens (tertiary/aromatic N) is 3. The Morgan fingerprint density at radius 3 is 2.52 bits per heavy atom. The Balaban J connectivity index is 2.17. The Hall–Kier alpha value is -0.850. The minimum Gasteiger partial charge on any atom is -0.385 e. The van der Waals surface area contributed by atoms with E-state index in [1.165, 1.54) is 32.5 Å². The molecular formula is C21H45N5O. The van der Waals surface area contributed by atoms with Gasteiger partial charge in [-0.3, -0.25) is 4.99 Å². The summed E-state index contributed by atoms with van der Waals surface area (Å²) in [6.45, 7) is 16.3. The average molecular weight is 384 g/mol. The van der Waals surface area contributed by atoms with E-state index in [-0.39, 0.29) is 0 Å². The van der Waals surface area contributed by atoms with Gasteiger partial charge in [-0.1, -0.05) is 13.8 Å². The van der Waals surface area contributed by atoms with Crippen molar-refractivity contribution in [3.63, 3.8) is 0 Å². The summed E-state index contributed by atoms with van der Waals surface area (Å²) in [7, 11) is 3.91. The van der Waals surface area contributed by atoms with Crippen LogP contribution >= 0.6 is 0 Å². The largest absolute Gasteiger partial charge is 0.385 e. The van der Waals surface area contributed by atoms with Gasteiger partial charge >= 0.3 is 0 Å². The quantitative estimate of drug-likeness (QED) is 0.290. The lowest BCUT2D eigenvalue weighted by molar-refractivity contribution is 0.139. The summed E-state index contributed by atoms with van der Waals surface area (Å²) >= 11 is 0. The first-order chi connectivity index (χ1) is 13.0. The zero-order valence-electron chi connectivity index (χ0n) is 18.6. The molecule has 1 heterocycles. The van der Waals surface area contributed by atoms with Crippen molar-refractivity contribution in [2.24, 2.45) is 16.8 Å². The van der Waals surface area contributed by atoms with E-state index in [0.29, 0.717) is 0 Å². The molecule has 0 aromatic rings. The van der Waals surface area contributed by atoms with Crippen LogP contribution in [0.25, 0.3) is 0 Å². The first-order valence-electron chi connectivity index (χ1n) is 11.0. The summed E-state index contributed by atoms with van der Waals surface area (Å²) in [6, 6.07) is 0. The van der Waals surface area contributed by atoms with Crippen molar-refractivity contribution in [2.75, 3.05) is 73.1 Å². The number of aliphatic imine (C=N–C) groups is 1. The Morgan fingerprint density at radius 1 is 1.11 bits per heavy atom. The third kappa shape index (κ3) is 12.3. The second-order valence-corrected chi connectivity index (χ2v) is 8.25. The van der Waals surface area contributed by atoms with Crippen LogP contribution in [0.5, 0.6) is 0 Å². The monoisotopic (exact) mass is 383 g/mol. The number of unbranched alkanes of at least 4 members (excludes halogenated alkanes) is 1. The Bertz CT molecular complexity index is 381. The summed E-state index contributed by atoms with van der Waals surface area (Å²) in [5.74, 6) is 2.65. The highest BCUT2D eigenvalue weighted by Crippen LogP contribution is 2.20. The Morgan fingerprint density at radius 2 is 1.85 bits per heavy atom. The first-order valence-corrected chi connectivity index (χ1v) is 11.0. The van der Waals surface area contributed by atoms with Gasteiger partial charge in [-0.15, -0.1) is 0 Å². The van der Waals surface area contributed by atoms with E-state index < -0.39 is 0 Å². The number of rotatable bonds is 13. The van der Waals surface area contributed by atoms with Gasteiger partial charge in [0.15, 0.2) is 5.96 Å². The number of likely N-dealkylation sites (N-methyl/N-ethyl adjacent to an activating group) is 1. The summed E-state index contributed by atoms with van der Waals surface area (Å²) in [6.07, 6.45) is 4.87. The van der Waals surface area contributed by atoms with Gasteiger partial charge in [0, 0.05) is 59.5 Å². The number of guanidine groups is 1. The van der Waals surface area contributed by atoms with Crippen LogP contribution in [0.3, 0.4) is 0 Å². The highest BCUT2D eigenvalue weighted by Gasteiger charge is 2.20. The van der Waals surface area contributed by atoms with Crippen LogP contribution in [0, 0.1) is 11.8 Å². The fraction of sp³-hybridized carbons (Fsp3) is 0.952. The van der Waals surface area contributed by atoms with E-state index in [4.69, 9.17) is 9.73 Å². The molecule has 2 unspecified atom stereocenters. The SMILES string of the molecule is CCNC(=NCCCCN1CC(C)CC(C)C1)NCCN(C)CCCOC. The molecule has 6 heteroatoms. The smallest absolute Gasteiger partial charge is 0.191 e. The third-order valence-corrected chi connectivity index (χ3v) is 5.12. The zero-order valence-corrected chi connectivity index (χ0v) is 18.6. The van der Waals surface area contributed by atoms with E-state index in [0.717, 1.165) is 70.0 Å². The first kappa shape index (κ1) is 24.2. The van der Waals surface area contributed by atoms with E-state index in [2.05, 4.69) is 48.3 Å². The number of likely N-dealkylation sites (tertiary alicyclic amines) is 1. The third-order valence-electron chi connectivity index (χ3n) is 5.12. The van der Waals surface area contributed by atoms with Crippen molar-refractivity contribution in [3.05, 3.63) is 0 Å². The number of hydrogen-bond donors (Lipinski definition) is 2. The molecule has 1 fully saturated rings. The lowest BCUT2D eigenvalue weighted by Gasteiger charge is -2.34. The molecule has 2 N–H and O–H groups in total. The summed E-state index contributed by atoms with van der Waals surface area (Å²) < 4.78 is 5.11. The highest BCUT2D eigenvalue weighted by atomic mass is 16.5. The fourth-order valence-electron chi connectivity index (χ4n) is 3.91. The molecule has 1 aliphatic rings. The lowest BCUT2D eigenvalue weighted by Crippen LogP contribution is -2.41. The van der Waals surface area contributed by atoms with Crippen molar-refractivity contribution < 1.29 is 4.74 Å². The molecule has 6 nitrogen and oxygen atoms in total. The zero-order chi connectivity index (χ0) is 19.9. The van der Waals surface area contributed by atoms with E-state index in [1.807, 2.05) is 0 Å². The van der Waals surface area contributed by atoms with E-state index in [9.17, 15) is 0 Å². The fourth-order valence-corrected chi connectivity index (χ4v) is 3.91. The number of piperidine rings is 1. The number of methoxy groups -OCH3 is 1. The maximum atomic E-state index is 5.11. The molecule has 0 aromatic heterocycles.